The average Bonchev–Trinajstić information content (AvgIpc) is 3.21. The maximum Gasteiger partial charge on any atom is 0.337 e. The highest BCUT2D eigenvalue weighted by atomic mass is 16.5. The molecule has 0 radical (unpaired) electrons. The Labute approximate surface area is 173 Å². The second kappa shape index (κ2) is 8.16. The summed E-state index contributed by atoms with van der Waals surface area (Å²) in [5.74, 6) is -0.773. The summed E-state index contributed by atoms with van der Waals surface area (Å²) in [6, 6.07) is 18.1. The van der Waals surface area contributed by atoms with Gasteiger partial charge >= 0.3 is 5.97 Å². The van der Waals surface area contributed by atoms with E-state index in [-0.39, 0.29) is 5.91 Å². The van der Waals surface area contributed by atoms with Crippen molar-refractivity contribution in [1.29, 1.82) is 0 Å². The van der Waals surface area contributed by atoms with E-state index < -0.39 is 5.97 Å². The summed E-state index contributed by atoms with van der Waals surface area (Å²) in [5, 5.41) is 7.89. The number of methoxy groups -OCH3 is 1. The molecule has 4 aromatic rings. The van der Waals surface area contributed by atoms with Crippen molar-refractivity contribution in [2.75, 3.05) is 12.4 Å². The van der Waals surface area contributed by atoms with E-state index in [9.17, 15) is 9.59 Å². The van der Waals surface area contributed by atoms with E-state index in [0.29, 0.717) is 40.1 Å². The third kappa shape index (κ3) is 3.65. The highest BCUT2D eigenvalue weighted by molar-refractivity contribution is 6.12. The van der Waals surface area contributed by atoms with Crippen molar-refractivity contribution in [3.05, 3.63) is 78.0 Å². The zero-order valence-corrected chi connectivity index (χ0v) is 16.6. The molecule has 0 aliphatic carbocycles. The summed E-state index contributed by atoms with van der Waals surface area (Å²) >= 11 is 0. The zero-order chi connectivity index (χ0) is 21.1. The van der Waals surface area contributed by atoms with Crippen molar-refractivity contribution in [3.8, 4) is 11.3 Å². The van der Waals surface area contributed by atoms with Crippen LogP contribution in [0.2, 0.25) is 0 Å². The van der Waals surface area contributed by atoms with Gasteiger partial charge in [-0.25, -0.2) is 14.5 Å². The number of carbonyl (C=O) groups is 2. The lowest BCUT2D eigenvalue weighted by Gasteiger charge is -2.10. The molecule has 30 heavy (non-hydrogen) atoms. The molecule has 0 spiro atoms. The fourth-order valence-electron chi connectivity index (χ4n) is 3.26. The lowest BCUT2D eigenvalue weighted by Crippen LogP contribution is -2.14. The average molecular weight is 400 g/mol. The summed E-state index contributed by atoms with van der Waals surface area (Å²) in [6.07, 6.45) is 1.65. The van der Waals surface area contributed by atoms with Crippen LogP contribution in [0.25, 0.3) is 22.3 Å². The lowest BCUT2D eigenvalue weighted by molar-refractivity contribution is 0.0600. The van der Waals surface area contributed by atoms with E-state index in [4.69, 9.17) is 9.72 Å². The first-order valence-corrected chi connectivity index (χ1v) is 9.52. The Hall–Kier alpha value is -4.00. The van der Waals surface area contributed by atoms with Crippen LogP contribution in [0, 0.1) is 0 Å². The Bertz CT molecular complexity index is 1230. The minimum atomic E-state index is -0.465. The molecule has 7 heteroatoms. The van der Waals surface area contributed by atoms with Crippen LogP contribution in [-0.2, 0) is 11.3 Å². The first kappa shape index (κ1) is 19.3. The molecule has 0 atom stereocenters. The van der Waals surface area contributed by atoms with Gasteiger partial charge in [-0.05, 0) is 31.2 Å². The second-order valence-corrected chi connectivity index (χ2v) is 6.65. The number of aryl methyl sites for hydroxylation is 1. The van der Waals surface area contributed by atoms with Crippen LogP contribution in [0.3, 0.4) is 0 Å². The Balaban J connectivity index is 1.77. The maximum absolute atomic E-state index is 13.2. The molecular weight excluding hydrogens is 380 g/mol. The number of hydrogen-bond acceptors (Lipinski definition) is 5. The molecule has 4 rings (SSSR count). The monoisotopic (exact) mass is 400 g/mol. The standard InChI is InChI=1S/C23H20N4O3/c1-3-27-21-19(14-24-27)18(13-20(26-21)15-8-5-4-6-9-15)22(28)25-17-11-7-10-16(12-17)23(29)30-2/h4-14H,3H2,1-2H3,(H,25,28). The third-order valence-electron chi connectivity index (χ3n) is 4.76. The molecule has 1 amide bonds. The minimum absolute atomic E-state index is 0.308. The number of aromatic nitrogens is 3. The first-order chi connectivity index (χ1) is 14.6. The Kier molecular flexibility index (Phi) is 5.26. The van der Waals surface area contributed by atoms with E-state index >= 15 is 0 Å². The fraction of sp³-hybridized carbons (Fsp3) is 0.130. The number of fused-ring (bicyclic) bond motifs is 1. The van der Waals surface area contributed by atoms with Crippen molar-refractivity contribution in [2.45, 2.75) is 13.5 Å². The van der Waals surface area contributed by atoms with E-state index in [1.54, 1.807) is 41.2 Å². The van der Waals surface area contributed by atoms with Gasteiger partial charge in [0.15, 0.2) is 5.65 Å². The van der Waals surface area contributed by atoms with Gasteiger partial charge in [0.05, 0.1) is 35.5 Å². The number of pyridine rings is 1. The number of nitrogens with zero attached hydrogens (tertiary/aromatic N) is 3. The smallest absolute Gasteiger partial charge is 0.337 e. The van der Waals surface area contributed by atoms with Gasteiger partial charge in [0.25, 0.3) is 5.91 Å². The molecule has 0 fully saturated rings. The fourth-order valence-corrected chi connectivity index (χ4v) is 3.26. The van der Waals surface area contributed by atoms with Crippen LogP contribution in [0.4, 0.5) is 5.69 Å². The number of nitrogens with one attached hydrogen (secondary N) is 1. The van der Waals surface area contributed by atoms with Crippen LogP contribution in [0.1, 0.15) is 27.6 Å². The topological polar surface area (TPSA) is 86.1 Å². The van der Waals surface area contributed by atoms with Crippen molar-refractivity contribution in [3.63, 3.8) is 0 Å². The number of esters is 1. The molecule has 7 nitrogen and oxygen atoms in total. The molecule has 2 heterocycles. The molecule has 2 aromatic carbocycles. The predicted molar refractivity (Wildman–Crippen MR) is 114 cm³/mol. The van der Waals surface area contributed by atoms with Gasteiger partial charge in [-0.15, -0.1) is 0 Å². The normalized spacial score (nSPS) is 10.7. The number of hydrogen-bond donors (Lipinski definition) is 1. The number of amides is 1. The van der Waals surface area contributed by atoms with Crippen LogP contribution in [0.15, 0.2) is 66.9 Å². The zero-order valence-electron chi connectivity index (χ0n) is 16.6. The largest absolute Gasteiger partial charge is 0.465 e. The van der Waals surface area contributed by atoms with Gasteiger partial charge in [0, 0.05) is 17.8 Å². The highest BCUT2D eigenvalue weighted by Crippen LogP contribution is 2.26. The molecule has 0 aliphatic rings. The highest BCUT2D eigenvalue weighted by Gasteiger charge is 2.18. The molecule has 2 aromatic heterocycles. The van der Waals surface area contributed by atoms with Crippen LogP contribution in [0.5, 0.6) is 0 Å². The summed E-state index contributed by atoms with van der Waals surface area (Å²) in [6.45, 7) is 2.61. The Morgan fingerprint density at radius 2 is 1.87 bits per heavy atom. The second-order valence-electron chi connectivity index (χ2n) is 6.65. The van der Waals surface area contributed by atoms with E-state index in [0.717, 1.165) is 5.56 Å². The number of anilines is 1. The summed E-state index contributed by atoms with van der Waals surface area (Å²) in [7, 11) is 1.32. The molecule has 0 bridgehead atoms. The van der Waals surface area contributed by atoms with Gasteiger partial charge in [-0.3, -0.25) is 4.79 Å². The number of ether oxygens (including phenoxy) is 1. The number of carbonyl (C=O) groups excluding carboxylic acids is 2. The van der Waals surface area contributed by atoms with Gasteiger partial charge in [0.1, 0.15) is 0 Å². The maximum atomic E-state index is 13.2. The van der Waals surface area contributed by atoms with Gasteiger partial charge in [-0.1, -0.05) is 36.4 Å². The number of benzene rings is 2. The van der Waals surface area contributed by atoms with Gasteiger partial charge < -0.3 is 10.1 Å². The molecule has 0 saturated carbocycles. The predicted octanol–water partition coefficient (Wildman–Crippen LogP) is 4.16. The van der Waals surface area contributed by atoms with E-state index in [2.05, 4.69) is 10.4 Å². The van der Waals surface area contributed by atoms with Crippen LogP contribution >= 0.6 is 0 Å². The third-order valence-corrected chi connectivity index (χ3v) is 4.76. The van der Waals surface area contributed by atoms with Gasteiger partial charge in [0.2, 0.25) is 0 Å². The van der Waals surface area contributed by atoms with Crippen LogP contribution in [-0.4, -0.2) is 33.8 Å². The molecular formula is C23H20N4O3. The van der Waals surface area contributed by atoms with Crippen molar-refractivity contribution in [2.24, 2.45) is 0 Å². The Morgan fingerprint density at radius 3 is 2.60 bits per heavy atom. The summed E-state index contributed by atoms with van der Waals surface area (Å²) < 4.78 is 6.51. The SMILES string of the molecule is CCn1ncc2c(C(=O)Nc3cccc(C(=O)OC)c3)cc(-c3ccccc3)nc21. The molecule has 1 N–H and O–H groups in total. The van der Waals surface area contributed by atoms with E-state index in [1.165, 1.54) is 7.11 Å². The summed E-state index contributed by atoms with van der Waals surface area (Å²) in [4.78, 5) is 29.7. The molecule has 0 aliphatic heterocycles. The molecule has 150 valence electrons. The van der Waals surface area contributed by atoms with E-state index in [1.807, 2.05) is 37.3 Å². The lowest BCUT2D eigenvalue weighted by atomic mass is 10.1. The Morgan fingerprint density at radius 1 is 1.07 bits per heavy atom. The molecule has 0 unspecified atom stereocenters. The summed E-state index contributed by atoms with van der Waals surface area (Å²) in [5.41, 5.74) is 3.56. The number of rotatable bonds is 5. The first-order valence-electron chi connectivity index (χ1n) is 9.52. The van der Waals surface area contributed by atoms with Crippen molar-refractivity contribution in [1.82, 2.24) is 14.8 Å². The quantitative estimate of drug-likeness (QED) is 0.509. The van der Waals surface area contributed by atoms with Crippen molar-refractivity contribution >= 4 is 28.6 Å². The molecule has 0 saturated heterocycles. The van der Waals surface area contributed by atoms with Crippen LogP contribution < -0.4 is 5.32 Å². The van der Waals surface area contributed by atoms with Gasteiger partial charge in [-0.2, -0.15) is 5.10 Å². The van der Waals surface area contributed by atoms with Crippen molar-refractivity contribution < 1.29 is 14.3 Å². The minimum Gasteiger partial charge on any atom is -0.465 e.